The largest absolute Gasteiger partial charge is 0.387 e. The minimum Gasteiger partial charge on any atom is -0.387 e. The molecule has 2 heterocycles. The Balaban J connectivity index is 1.36. The Bertz CT molecular complexity index is 963. The molecule has 8 heteroatoms. The van der Waals surface area contributed by atoms with Crippen molar-refractivity contribution >= 4 is 5.91 Å². The molecule has 0 spiro atoms. The fraction of sp³-hybridized carbons (Fsp3) is 0.286. The zero-order valence-corrected chi connectivity index (χ0v) is 15.7. The van der Waals surface area contributed by atoms with Gasteiger partial charge in [-0.05, 0) is 12.1 Å². The summed E-state index contributed by atoms with van der Waals surface area (Å²) in [6.07, 6.45) is -0.0816. The lowest BCUT2D eigenvalue weighted by molar-refractivity contribution is -0.0487. The quantitative estimate of drug-likeness (QED) is 0.572. The fourth-order valence-electron chi connectivity index (χ4n) is 3.32. The molecule has 4 rings (SSSR count). The number of amides is 1. The van der Waals surface area contributed by atoms with Crippen LogP contribution in [0.25, 0.3) is 11.3 Å². The van der Waals surface area contributed by atoms with Crippen molar-refractivity contribution < 1.29 is 19.7 Å². The lowest BCUT2D eigenvalue weighted by Crippen LogP contribution is -2.52. The van der Waals surface area contributed by atoms with Gasteiger partial charge in [0.25, 0.3) is 5.91 Å². The Kier molecular flexibility index (Phi) is 5.39. The van der Waals surface area contributed by atoms with Crippen LogP contribution in [-0.4, -0.2) is 62.1 Å². The summed E-state index contributed by atoms with van der Waals surface area (Å²) in [4.78, 5) is 12.2. The summed E-state index contributed by atoms with van der Waals surface area (Å²) < 4.78 is 7.17. The van der Waals surface area contributed by atoms with Gasteiger partial charge in [0.15, 0.2) is 0 Å². The second-order valence-corrected chi connectivity index (χ2v) is 7.14. The summed E-state index contributed by atoms with van der Waals surface area (Å²) in [6.45, 7) is 0.0229. The predicted octanol–water partition coefficient (Wildman–Crippen LogP) is 0.866. The van der Waals surface area contributed by atoms with Crippen LogP contribution in [0.2, 0.25) is 0 Å². The molecule has 0 radical (unpaired) electrons. The SMILES string of the molecule is O=C(NC[C@]1(O)CO[C@H](Cn2cc(-c3ccccc3)nn2)[C@H]1O)c1ccccc1. The second kappa shape index (κ2) is 8.12. The summed E-state index contributed by atoms with van der Waals surface area (Å²) in [5.74, 6) is -0.321. The molecule has 0 saturated carbocycles. The number of rotatable bonds is 6. The maximum atomic E-state index is 12.2. The van der Waals surface area contributed by atoms with Gasteiger partial charge in [0.1, 0.15) is 23.5 Å². The van der Waals surface area contributed by atoms with E-state index in [0.717, 1.165) is 5.56 Å². The molecule has 0 aliphatic carbocycles. The third-order valence-electron chi connectivity index (χ3n) is 5.02. The van der Waals surface area contributed by atoms with E-state index in [2.05, 4.69) is 15.6 Å². The van der Waals surface area contributed by atoms with Crippen LogP contribution in [0, 0.1) is 0 Å². The molecule has 3 N–H and O–H groups in total. The molecule has 2 aromatic carbocycles. The molecule has 1 aliphatic heterocycles. The minimum atomic E-state index is -1.57. The van der Waals surface area contributed by atoms with E-state index in [0.29, 0.717) is 11.3 Å². The molecule has 3 atom stereocenters. The Morgan fingerprint density at radius 2 is 1.86 bits per heavy atom. The summed E-state index contributed by atoms with van der Waals surface area (Å²) in [5.41, 5.74) is 0.560. The van der Waals surface area contributed by atoms with E-state index in [-0.39, 0.29) is 25.6 Å². The van der Waals surface area contributed by atoms with E-state index in [1.54, 1.807) is 35.1 Å². The number of aromatic nitrogens is 3. The first kappa shape index (κ1) is 19.3. The highest BCUT2D eigenvalue weighted by atomic mass is 16.5. The lowest BCUT2D eigenvalue weighted by atomic mass is 9.96. The molecule has 1 saturated heterocycles. The van der Waals surface area contributed by atoms with Crippen LogP contribution < -0.4 is 5.32 Å². The molecule has 1 aliphatic rings. The molecule has 0 unspecified atom stereocenters. The topological polar surface area (TPSA) is 110 Å². The van der Waals surface area contributed by atoms with Gasteiger partial charge in [0.2, 0.25) is 0 Å². The van der Waals surface area contributed by atoms with Crippen LogP contribution in [0.15, 0.2) is 66.9 Å². The highest BCUT2D eigenvalue weighted by molar-refractivity contribution is 5.94. The van der Waals surface area contributed by atoms with Crippen molar-refractivity contribution in [3.63, 3.8) is 0 Å². The first-order valence-corrected chi connectivity index (χ1v) is 9.36. The maximum Gasteiger partial charge on any atom is 0.251 e. The Hall–Kier alpha value is -3.07. The summed E-state index contributed by atoms with van der Waals surface area (Å²) in [6, 6.07) is 18.3. The van der Waals surface area contributed by atoms with Crippen LogP contribution in [0.4, 0.5) is 0 Å². The first-order valence-electron chi connectivity index (χ1n) is 9.36. The zero-order chi connectivity index (χ0) is 20.3. The molecular formula is C21H22N4O4. The number of aliphatic hydroxyl groups excluding tert-OH is 1. The van der Waals surface area contributed by atoms with Gasteiger partial charge in [-0.15, -0.1) is 5.10 Å². The first-order chi connectivity index (χ1) is 14.0. The lowest BCUT2D eigenvalue weighted by Gasteiger charge is -2.26. The number of carbonyl (C=O) groups excluding carboxylic acids is 1. The van der Waals surface area contributed by atoms with Crippen LogP contribution >= 0.6 is 0 Å². The molecule has 0 bridgehead atoms. The molecular weight excluding hydrogens is 372 g/mol. The van der Waals surface area contributed by atoms with Crippen LogP contribution in [0.1, 0.15) is 10.4 Å². The molecule has 3 aromatic rings. The number of ether oxygens (including phenoxy) is 1. The Morgan fingerprint density at radius 3 is 2.59 bits per heavy atom. The average Bonchev–Trinajstić information content (AvgIpc) is 3.34. The molecule has 150 valence electrons. The molecule has 1 aromatic heterocycles. The van der Waals surface area contributed by atoms with Crippen molar-refractivity contribution in [2.75, 3.05) is 13.2 Å². The van der Waals surface area contributed by atoms with Crippen molar-refractivity contribution in [2.24, 2.45) is 0 Å². The average molecular weight is 394 g/mol. The van der Waals surface area contributed by atoms with Crippen molar-refractivity contribution in [2.45, 2.75) is 24.4 Å². The summed E-state index contributed by atoms with van der Waals surface area (Å²) in [5, 5.41) is 32.2. The number of benzene rings is 2. The molecule has 1 fully saturated rings. The highest BCUT2D eigenvalue weighted by Crippen LogP contribution is 2.26. The van der Waals surface area contributed by atoms with Crippen molar-refractivity contribution in [1.82, 2.24) is 20.3 Å². The molecule has 29 heavy (non-hydrogen) atoms. The van der Waals surface area contributed by atoms with Gasteiger partial charge in [-0.2, -0.15) is 0 Å². The van der Waals surface area contributed by atoms with Crippen LogP contribution in [-0.2, 0) is 11.3 Å². The Morgan fingerprint density at radius 1 is 1.17 bits per heavy atom. The number of hydrogen-bond donors (Lipinski definition) is 3. The third-order valence-corrected chi connectivity index (χ3v) is 5.02. The zero-order valence-electron chi connectivity index (χ0n) is 15.7. The van der Waals surface area contributed by atoms with Gasteiger partial charge in [-0.3, -0.25) is 4.79 Å². The molecule has 1 amide bonds. The number of nitrogens with one attached hydrogen (secondary N) is 1. The number of nitrogens with zero attached hydrogens (tertiary/aromatic N) is 3. The van der Waals surface area contributed by atoms with Crippen molar-refractivity contribution in [1.29, 1.82) is 0 Å². The summed E-state index contributed by atoms with van der Waals surface area (Å²) in [7, 11) is 0. The van der Waals surface area contributed by atoms with E-state index in [1.807, 2.05) is 36.4 Å². The minimum absolute atomic E-state index is 0.0891. The predicted molar refractivity (Wildman–Crippen MR) is 105 cm³/mol. The van der Waals surface area contributed by atoms with Crippen LogP contribution in [0.3, 0.4) is 0 Å². The van der Waals surface area contributed by atoms with Gasteiger partial charge in [0, 0.05) is 11.1 Å². The van der Waals surface area contributed by atoms with Crippen molar-refractivity contribution in [3.8, 4) is 11.3 Å². The fourth-order valence-corrected chi connectivity index (χ4v) is 3.32. The van der Waals surface area contributed by atoms with Gasteiger partial charge in [-0.1, -0.05) is 53.7 Å². The number of carbonyl (C=O) groups is 1. The molecule has 8 nitrogen and oxygen atoms in total. The number of aliphatic hydroxyl groups is 2. The van der Waals surface area contributed by atoms with Crippen LogP contribution in [0.5, 0.6) is 0 Å². The van der Waals surface area contributed by atoms with E-state index in [4.69, 9.17) is 4.74 Å². The monoisotopic (exact) mass is 394 g/mol. The van der Waals surface area contributed by atoms with Crippen molar-refractivity contribution in [3.05, 3.63) is 72.4 Å². The van der Waals surface area contributed by atoms with Gasteiger partial charge in [0.05, 0.1) is 25.9 Å². The Labute approximate surface area is 167 Å². The van der Waals surface area contributed by atoms with Gasteiger partial charge >= 0.3 is 0 Å². The van der Waals surface area contributed by atoms with Gasteiger partial charge < -0.3 is 20.3 Å². The van der Waals surface area contributed by atoms with E-state index >= 15 is 0 Å². The third kappa shape index (κ3) is 4.19. The maximum absolute atomic E-state index is 12.2. The summed E-state index contributed by atoms with van der Waals surface area (Å²) >= 11 is 0. The second-order valence-electron chi connectivity index (χ2n) is 7.14. The number of hydrogen-bond acceptors (Lipinski definition) is 6. The van der Waals surface area contributed by atoms with E-state index in [9.17, 15) is 15.0 Å². The van der Waals surface area contributed by atoms with E-state index < -0.39 is 17.8 Å². The smallest absolute Gasteiger partial charge is 0.251 e. The standard InChI is InChI=1S/C21H22N4O4/c26-19-18(12-25-11-17(23-24-25)15-7-3-1-4-8-15)29-14-21(19,28)13-22-20(27)16-9-5-2-6-10-16/h1-11,18-19,26,28H,12-14H2,(H,22,27)/t18-,19-,21+/m1/s1. The van der Waals surface area contributed by atoms with Gasteiger partial charge in [-0.25, -0.2) is 4.68 Å². The normalized spacial score (nSPS) is 23.8. The highest BCUT2D eigenvalue weighted by Gasteiger charge is 2.48. The van der Waals surface area contributed by atoms with E-state index in [1.165, 1.54) is 0 Å².